The summed E-state index contributed by atoms with van der Waals surface area (Å²) in [6, 6.07) is 0. The zero-order chi connectivity index (χ0) is 13.5. The molecule has 2 heterocycles. The summed E-state index contributed by atoms with van der Waals surface area (Å²) in [4.78, 5) is 10.5. The number of thiazole rings is 1. The molecule has 19 heavy (non-hydrogen) atoms. The molecule has 1 aromatic rings. The van der Waals surface area contributed by atoms with Gasteiger partial charge in [-0.1, -0.05) is 0 Å². The molecule has 2 rings (SSSR count). The van der Waals surface area contributed by atoms with E-state index in [4.69, 9.17) is 5.11 Å². The largest absolute Gasteiger partial charge is 0.395 e. The molecule has 0 unspecified atom stereocenters. The highest BCUT2D eigenvalue weighted by Crippen LogP contribution is 2.20. The van der Waals surface area contributed by atoms with Crippen molar-refractivity contribution in [1.82, 2.24) is 14.8 Å². The van der Waals surface area contributed by atoms with E-state index >= 15 is 0 Å². The monoisotopic (exact) mass is 284 g/mol. The Labute approximate surface area is 119 Å². The number of anilines is 1. The van der Waals surface area contributed by atoms with Crippen molar-refractivity contribution in [1.29, 1.82) is 0 Å². The molecular formula is C13H24N4OS. The van der Waals surface area contributed by atoms with Crippen molar-refractivity contribution in [3.63, 3.8) is 0 Å². The van der Waals surface area contributed by atoms with Crippen LogP contribution in [0.15, 0.2) is 6.20 Å². The first-order chi connectivity index (χ1) is 9.31. The van der Waals surface area contributed by atoms with Crippen LogP contribution < -0.4 is 5.32 Å². The van der Waals surface area contributed by atoms with Gasteiger partial charge in [0.2, 0.25) is 0 Å². The summed E-state index contributed by atoms with van der Waals surface area (Å²) in [5.41, 5.74) is 0. The van der Waals surface area contributed by atoms with Crippen molar-refractivity contribution < 1.29 is 5.11 Å². The summed E-state index contributed by atoms with van der Waals surface area (Å²) in [7, 11) is 0. The smallest absolute Gasteiger partial charge is 0.182 e. The molecule has 5 nitrogen and oxygen atoms in total. The van der Waals surface area contributed by atoms with Crippen LogP contribution in [0, 0.1) is 0 Å². The molecule has 0 spiro atoms. The summed E-state index contributed by atoms with van der Waals surface area (Å²) < 4.78 is 0. The van der Waals surface area contributed by atoms with Crippen molar-refractivity contribution in [2.75, 3.05) is 51.2 Å². The zero-order valence-corrected chi connectivity index (χ0v) is 12.5. The van der Waals surface area contributed by atoms with Crippen molar-refractivity contribution in [3.05, 3.63) is 11.1 Å². The minimum atomic E-state index is 0.265. The number of aliphatic hydroxyl groups excluding tert-OH is 1. The zero-order valence-electron chi connectivity index (χ0n) is 11.6. The fourth-order valence-corrected chi connectivity index (χ4v) is 3.30. The number of nitrogens with zero attached hydrogens (tertiary/aromatic N) is 3. The lowest BCUT2D eigenvalue weighted by Crippen LogP contribution is -2.32. The van der Waals surface area contributed by atoms with Gasteiger partial charge in [-0.3, -0.25) is 9.80 Å². The molecule has 0 amide bonds. The van der Waals surface area contributed by atoms with Crippen LogP contribution in [0.4, 0.5) is 5.13 Å². The van der Waals surface area contributed by atoms with Crippen LogP contribution in [0.5, 0.6) is 0 Å². The lowest BCUT2D eigenvalue weighted by atomic mass is 10.3. The van der Waals surface area contributed by atoms with Crippen molar-refractivity contribution in [2.24, 2.45) is 0 Å². The molecule has 2 N–H and O–H groups in total. The molecule has 0 aliphatic carbocycles. The Bertz CT molecular complexity index is 371. The molecule has 1 saturated heterocycles. The Balaban J connectivity index is 1.81. The number of rotatable bonds is 6. The van der Waals surface area contributed by atoms with Crippen LogP contribution in [-0.4, -0.2) is 65.8 Å². The number of aliphatic hydroxyl groups is 1. The van der Waals surface area contributed by atoms with Gasteiger partial charge in [-0.05, 0) is 26.4 Å². The van der Waals surface area contributed by atoms with E-state index in [-0.39, 0.29) is 6.61 Å². The fourth-order valence-electron chi connectivity index (χ4n) is 2.38. The van der Waals surface area contributed by atoms with Gasteiger partial charge in [0.05, 0.1) is 6.61 Å². The maximum Gasteiger partial charge on any atom is 0.182 e. The molecule has 1 aromatic heterocycles. The summed E-state index contributed by atoms with van der Waals surface area (Å²) in [5.74, 6) is 0. The SMILES string of the molecule is CCNc1ncc(CN2CCCN(CCO)CC2)s1. The van der Waals surface area contributed by atoms with Crippen molar-refractivity contribution in [2.45, 2.75) is 19.9 Å². The van der Waals surface area contributed by atoms with E-state index in [2.05, 4.69) is 27.0 Å². The van der Waals surface area contributed by atoms with Crippen LogP contribution in [0.1, 0.15) is 18.2 Å². The quantitative estimate of drug-likeness (QED) is 0.818. The van der Waals surface area contributed by atoms with Gasteiger partial charge >= 0.3 is 0 Å². The average Bonchev–Trinajstić information content (AvgIpc) is 2.71. The number of aromatic nitrogens is 1. The first-order valence-electron chi connectivity index (χ1n) is 7.06. The maximum absolute atomic E-state index is 9.00. The van der Waals surface area contributed by atoms with Crippen LogP contribution in [0.3, 0.4) is 0 Å². The van der Waals surface area contributed by atoms with E-state index in [1.54, 1.807) is 11.3 Å². The lowest BCUT2D eigenvalue weighted by molar-refractivity contribution is 0.196. The van der Waals surface area contributed by atoms with Crippen LogP contribution in [-0.2, 0) is 6.54 Å². The van der Waals surface area contributed by atoms with E-state index < -0.39 is 0 Å². The summed E-state index contributed by atoms with van der Waals surface area (Å²) in [6.45, 7) is 9.45. The second-order valence-corrected chi connectivity index (χ2v) is 5.97. The third-order valence-electron chi connectivity index (χ3n) is 3.36. The second-order valence-electron chi connectivity index (χ2n) is 4.86. The topological polar surface area (TPSA) is 51.6 Å². The third kappa shape index (κ3) is 4.72. The van der Waals surface area contributed by atoms with Crippen LogP contribution in [0.2, 0.25) is 0 Å². The average molecular weight is 284 g/mol. The molecule has 0 aromatic carbocycles. The third-order valence-corrected chi connectivity index (χ3v) is 4.30. The predicted molar refractivity (Wildman–Crippen MR) is 79.7 cm³/mol. The van der Waals surface area contributed by atoms with E-state index in [1.165, 1.54) is 11.3 Å². The number of β-amino-alcohol motifs (C(OH)–C–C–N with tert-alkyl or cyclic N) is 1. The second kappa shape index (κ2) is 7.79. The van der Waals surface area contributed by atoms with Crippen molar-refractivity contribution in [3.8, 4) is 0 Å². The van der Waals surface area contributed by atoms with Gasteiger partial charge in [-0.25, -0.2) is 4.98 Å². The molecule has 0 bridgehead atoms. The van der Waals surface area contributed by atoms with Gasteiger partial charge in [0.25, 0.3) is 0 Å². The summed E-state index contributed by atoms with van der Waals surface area (Å²) >= 11 is 1.75. The van der Waals surface area contributed by atoms with Gasteiger partial charge in [0.15, 0.2) is 5.13 Å². The van der Waals surface area contributed by atoms with Crippen LogP contribution >= 0.6 is 11.3 Å². The Morgan fingerprint density at radius 3 is 2.89 bits per heavy atom. The van der Waals surface area contributed by atoms with E-state index in [1.807, 2.05) is 6.20 Å². The van der Waals surface area contributed by atoms with E-state index in [0.717, 1.165) is 50.9 Å². The number of hydrogen-bond acceptors (Lipinski definition) is 6. The molecular weight excluding hydrogens is 260 g/mol. The van der Waals surface area contributed by atoms with E-state index in [0.29, 0.717) is 0 Å². The molecule has 0 atom stereocenters. The highest BCUT2D eigenvalue weighted by atomic mass is 32.1. The highest BCUT2D eigenvalue weighted by Gasteiger charge is 2.15. The molecule has 1 fully saturated rings. The van der Waals surface area contributed by atoms with Gasteiger partial charge in [-0.2, -0.15) is 0 Å². The first-order valence-corrected chi connectivity index (χ1v) is 7.87. The number of nitrogens with one attached hydrogen (secondary N) is 1. The standard InChI is InChI=1S/C13H24N4OS/c1-2-14-13-15-10-12(19-13)11-17-5-3-4-16(6-7-17)8-9-18/h10,18H,2-9,11H2,1H3,(H,14,15). The lowest BCUT2D eigenvalue weighted by Gasteiger charge is -2.20. The molecule has 1 aliphatic rings. The normalized spacial score (nSPS) is 18.4. The Hall–Kier alpha value is -0.690. The molecule has 6 heteroatoms. The van der Waals surface area contributed by atoms with Gasteiger partial charge in [0.1, 0.15) is 0 Å². The van der Waals surface area contributed by atoms with Gasteiger partial charge in [0, 0.05) is 43.8 Å². The Kier molecular flexibility index (Phi) is 6.03. The highest BCUT2D eigenvalue weighted by molar-refractivity contribution is 7.15. The minimum absolute atomic E-state index is 0.265. The molecule has 0 radical (unpaired) electrons. The van der Waals surface area contributed by atoms with Gasteiger partial charge in [-0.15, -0.1) is 11.3 Å². The minimum Gasteiger partial charge on any atom is -0.395 e. The molecule has 108 valence electrons. The van der Waals surface area contributed by atoms with Crippen molar-refractivity contribution >= 4 is 16.5 Å². The van der Waals surface area contributed by atoms with Gasteiger partial charge < -0.3 is 10.4 Å². The predicted octanol–water partition coefficient (Wildman–Crippen LogP) is 1.07. The fraction of sp³-hybridized carbons (Fsp3) is 0.769. The maximum atomic E-state index is 9.00. The summed E-state index contributed by atoms with van der Waals surface area (Å²) in [6.07, 6.45) is 3.16. The van der Waals surface area contributed by atoms with Crippen LogP contribution in [0.25, 0.3) is 0 Å². The number of hydrogen-bond donors (Lipinski definition) is 2. The van der Waals surface area contributed by atoms with E-state index in [9.17, 15) is 0 Å². The molecule has 0 saturated carbocycles. The Morgan fingerprint density at radius 2 is 2.11 bits per heavy atom. The first kappa shape index (κ1) is 14.7. The Morgan fingerprint density at radius 1 is 1.32 bits per heavy atom. The molecule has 1 aliphatic heterocycles. The summed E-state index contributed by atoms with van der Waals surface area (Å²) in [5, 5.41) is 13.3.